The number of anilines is 2. The Morgan fingerprint density at radius 3 is 1.61 bits per heavy atom. The Kier molecular flexibility index (Phi) is 25.4. The van der Waals surface area contributed by atoms with Crippen molar-refractivity contribution in [1.29, 1.82) is 0 Å². The number of carbonyl (C=O) groups is 4. The van der Waals surface area contributed by atoms with Gasteiger partial charge in [0, 0.05) is 45.3 Å². The minimum absolute atomic E-state index is 0. The SMILES string of the molecule is C1CCCC1.CC(=O)OOC(C)=O.Nc1cnccc1C=O.Nc1cnccc1CN1CCCC1.[B-]OC(C)=O.[Na+]. The second kappa shape index (κ2) is 25.9. The number of rotatable bonds is 3. The molecule has 0 aromatic carbocycles. The molecule has 0 atom stereocenters. The van der Waals surface area contributed by atoms with Gasteiger partial charge in [-0.1, -0.05) is 32.1 Å². The van der Waals surface area contributed by atoms with Crippen molar-refractivity contribution >= 4 is 43.6 Å². The van der Waals surface area contributed by atoms with Crippen LogP contribution in [0.3, 0.4) is 0 Å². The normalized spacial score (nSPS) is 12.9. The van der Waals surface area contributed by atoms with E-state index in [9.17, 15) is 19.2 Å². The molecule has 2 aromatic rings. The Bertz CT molecular complexity index is 1000. The summed E-state index contributed by atoms with van der Waals surface area (Å²) in [7, 11) is 4.32. The van der Waals surface area contributed by atoms with Gasteiger partial charge < -0.3 is 24.2 Å². The van der Waals surface area contributed by atoms with Crippen LogP contribution in [0.15, 0.2) is 36.9 Å². The van der Waals surface area contributed by atoms with E-state index in [1.807, 2.05) is 12.3 Å². The maximum atomic E-state index is 10.1. The number of hydrogen-bond acceptors (Lipinski definition) is 12. The van der Waals surface area contributed by atoms with Crippen molar-refractivity contribution in [2.24, 2.45) is 0 Å². The number of nitrogens with two attached hydrogens (primary N) is 2. The van der Waals surface area contributed by atoms with Crippen LogP contribution in [0.2, 0.25) is 0 Å². The number of nitrogens with zero attached hydrogens (tertiary/aromatic N) is 3. The minimum atomic E-state index is -0.639. The molecule has 14 heteroatoms. The van der Waals surface area contributed by atoms with Gasteiger partial charge in [0.1, 0.15) is 0 Å². The van der Waals surface area contributed by atoms with Crippen molar-refractivity contribution < 1.29 is 63.2 Å². The topological polar surface area (TPSA) is 177 Å². The van der Waals surface area contributed by atoms with Gasteiger partial charge in [-0.2, -0.15) is 0 Å². The van der Waals surface area contributed by atoms with Crippen molar-refractivity contribution in [1.82, 2.24) is 14.9 Å². The van der Waals surface area contributed by atoms with Crippen LogP contribution >= 0.6 is 0 Å². The fourth-order valence-corrected chi connectivity index (χ4v) is 3.29. The largest absolute Gasteiger partial charge is 1.00 e. The van der Waals surface area contributed by atoms with Gasteiger partial charge in [0.05, 0.1) is 23.8 Å². The Balaban J connectivity index is 0. The predicted molar refractivity (Wildman–Crippen MR) is 151 cm³/mol. The van der Waals surface area contributed by atoms with Gasteiger partial charge in [-0.25, -0.2) is 19.4 Å². The molecule has 0 unspecified atom stereocenters. The number of carbonyl (C=O) groups excluding carboxylic acids is 4. The molecule has 1 aliphatic heterocycles. The van der Waals surface area contributed by atoms with E-state index in [4.69, 9.17) is 11.5 Å². The van der Waals surface area contributed by atoms with Crippen molar-refractivity contribution in [3.63, 3.8) is 0 Å². The third-order valence-corrected chi connectivity index (χ3v) is 5.25. The van der Waals surface area contributed by atoms with Gasteiger partial charge in [0.25, 0.3) is 0 Å². The molecule has 12 nitrogen and oxygen atoms in total. The number of nitrogen functional groups attached to an aromatic ring is 2. The molecule has 41 heavy (non-hydrogen) atoms. The Labute approximate surface area is 265 Å². The van der Waals surface area contributed by atoms with Crippen molar-refractivity contribution in [3.05, 3.63) is 48.0 Å². The quantitative estimate of drug-likeness (QED) is 0.221. The molecule has 2 fully saturated rings. The smallest absolute Gasteiger partial charge is 0.793 e. The van der Waals surface area contributed by atoms with E-state index >= 15 is 0 Å². The molecule has 0 amide bonds. The maximum Gasteiger partial charge on any atom is 1.00 e. The van der Waals surface area contributed by atoms with Crippen LogP contribution in [0.1, 0.15) is 81.6 Å². The molecule has 219 valence electrons. The van der Waals surface area contributed by atoms with E-state index in [0.717, 1.165) is 26.1 Å². The minimum Gasteiger partial charge on any atom is -0.793 e. The molecular formula is C27H40BN5NaO7. The van der Waals surface area contributed by atoms with E-state index in [0.29, 0.717) is 17.5 Å². The standard InChI is InChI=1S/C10H15N3.C6H6N2O.C5H10.C4H6O4.C2H3BO2.Na/c11-10-7-12-4-3-9(10)8-13-5-1-2-6-13;7-6-3-8-2-1-5(6)4-9;1-2-4-5-3-1;1-3(5)7-8-4(2)6;1-2(4)5-3;/h3-4,7H,1-2,5-6,8,11H2;1-4H,7H2;1-5H2;1-2H3;1H3;/q;;;;-1;+1. The first-order chi connectivity index (χ1) is 19.1. The summed E-state index contributed by atoms with van der Waals surface area (Å²) >= 11 is 0. The van der Waals surface area contributed by atoms with E-state index in [-0.39, 0.29) is 29.6 Å². The average molecular weight is 580 g/mol. The monoisotopic (exact) mass is 580 g/mol. The zero-order valence-electron chi connectivity index (χ0n) is 24.5. The summed E-state index contributed by atoms with van der Waals surface area (Å²) in [6.45, 7) is 6.92. The fraction of sp³-hybridized carbons (Fsp3) is 0.481. The first-order valence-electron chi connectivity index (χ1n) is 12.9. The van der Waals surface area contributed by atoms with Gasteiger partial charge in [0.15, 0.2) is 6.29 Å². The van der Waals surface area contributed by atoms with Gasteiger partial charge in [0.2, 0.25) is 5.97 Å². The summed E-state index contributed by atoms with van der Waals surface area (Å²) in [5, 5.41) is 0. The second-order valence-corrected chi connectivity index (χ2v) is 8.71. The number of likely N-dealkylation sites (tertiary alicyclic amines) is 1. The molecular weight excluding hydrogens is 540 g/mol. The molecule has 4 N–H and O–H groups in total. The molecule has 1 saturated carbocycles. The van der Waals surface area contributed by atoms with Gasteiger partial charge >= 0.3 is 41.5 Å². The Morgan fingerprint density at radius 2 is 1.27 bits per heavy atom. The molecule has 4 rings (SSSR count). The summed E-state index contributed by atoms with van der Waals surface area (Å²) in [5.41, 5.74) is 14.1. The van der Waals surface area contributed by atoms with E-state index in [1.165, 1.54) is 82.9 Å². The van der Waals surface area contributed by atoms with Crippen LogP contribution in [0.5, 0.6) is 0 Å². The zero-order valence-corrected chi connectivity index (χ0v) is 26.5. The van der Waals surface area contributed by atoms with Crippen LogP contribution in [0, 0.1) is 0 Å². The van der Waals surface area contributed by atoms with Crippen LogP contribution < -0.4 is 41.0 Å². The van der Waals surface area contributed by atoms with Crippen molar-refractivity contribution in [2.45, 2.75) is 72.3 Å². The molecule has 2 aliphatic rings. The summed E-state index contributed by atoms with van der Waals surface area (Å²) in [4.78, 5) is 57.0. The Hall–Kier alpha value is -3.00. The fourth-order valence-electron chi connectivity index (χ4n) is 3.29. The van der Waals surface area contributed by atoms with E-state index < -0.39 is 17.9 Å². The van der Waals surface area contributed by atoms with Gasteiger partial charge in [-0.3, -0.25) is 24.5 Å². The third kappa shape index (κ3) is 23.4. The van der Waals surface area contributed by atoms with Gasteiger partial charge in [-0.15, -0.1) is 0 Å². The molecule has 0 bridgehead atoms. The number of aldehydes is 1. The zero-order chi connectivity index (χ0) is 30.2. The van der Waals surface area contributed by atoms with Crippen LogP contribution in [-0.4, -0.2) is 60.2 Å². The maximum absolute atomic E-state index is 10.1. The predicted octanol–water partition coefficient (Wildman–Crippen LogP) is 0.351. The molecule has 0 spiro atoms. The molecule has 1 saturated heterocycles. The number of pyridine rings is 2. The average Bonchev–Trinajstić information content (AvgIpc) is 3.68. The van der Waals surface area contributed by atoms with Crippen LogP contribution in [0.4, 0.5) is 11.4 Å². The number of aromatic nitrogens is 2. The summed E-state index contributed by atoms with van der Waals surface area (Å²) in [6, 6.07) is 3.58. The van der Waals surface area contributed by atoms with Crippen LogP contribution in [-0.2, 0) is 35.4 Å². The molecule has 3 radical (unpaired) electrons. The van der Waals surface area contributed by atoms with Crippen molar-refractivity contribution in [2.75, 3.05) is 24.6 Å². The molecule has 2 aromatic heterocycles. The van der Waals surface area contributed by atoms with Crippen molar-refractivity contribution in [3.8, 4) is 0 Å². The Morgan fingerprint density at radius 1 is 0.829 bits per heavy atom. The second-order valence-electron chi connectivity index (χ2n) is 8.71. The summed E-state index contributed by atoms with van der Waals surface area (Å²) < 4.78 is 3.61. The molecule has 3 heterocycles. The first kappa shape index (κ1) is 40.1. The first-order valence-corrected chi connectivity index (χ1v) is 12.9. The summed E-state index contributed by atoms with van der Waals surface area (Å²) in [6.07, 6.45) is 17.4. The third-order valence-electron chi connectivity index (χ3n) is 5.25. The van der Waals surface area contributed by atoms with Crippen LogP contribution in [0.25, 0.3) is 0 Å². The van der Waals surface area contributed by atoms with E-state index in [1.54, 1.807) is 12.3 Å². The summed E-state index contributed by atoms with van der Waals surface area (Å²) in [5.74, 6) is -1.74. The number of hydrogen-bond donors (Lipinski definition) is 2. The van der Waals surface area contributed by atoms with Gasteiger partial charge in [-0.05, 0) is 43.6 Å². The molecule has 1 aliphatic carbocycles. The van der Waals surface area contributed by atoms with E-state index in [2.05, 4.69) is 37.3 Å².